The molecule has 0 radical (unpaired) electrons. The van der Waals surface area contributed by atoms with Gasteiger partial charge in [-0.05, 0) is 24.3 Å². The van der Waals surface area contributed by atoms with Crippen LogP contribution in [0.25, 0.3) is 22.4 Å². The van der Waals surface area contributed by atoms with Crippen molar-refractivity contribution >= 4 is 16.7 Å². The Morgan fingerprint density at radius 1 is 1.10 bits per heavy atom. The lowest BCUT2D eigenvalue weighted by molar-refractivity contribution is -0.136. The third-order valence-corrected chi connectivity index (χ3v) is 2.89. The monoisotopic (exact) mass is 278 g/mol. The molecular formula is C14H9F3N2O. The highest BCUT2D eigenvalue weighted by Crippen LogP contribution is 2.37. The lowest BCUT2D eigenvalue weighted by Gasteiger charge is -2.06. The molecule has 0 bridgehead atoms. The van der Waals surface area contributed by atoms with Crippen molar-refractivity contribution < 1.29 is 17.6 Å². The van der Waals surface area contributed by atoms with Crippen LogP contribution < -0.4 is 5.73 Å². The summed E-state index contributed by atoms with van der Waals surface area (Å²) in [6, 6.07) is 8.55. The van der Waals surface area contributed by atoms with Gasteiger partial charge in [0.2, 0.25) is 0 Å². The number of anilines is 1. The van der Waals surface area contributed by atoms with E-state index < -0.39 is 11.7 Å². The SMILES string of the molecule is Nc1ccnc(-c2cc3cccc(C(F)(F)F)c3o2)c1. The zero-order valence-corrected chi connectivity index (χ0v) is 10.1. The molecule has 1 aromatic carbocycles. The van der Waals surface area contributed by atoms with E-state index in [2.05, 4.69) is 4.98 Å². The highest BCUT2D eigenvalue weighted by atomic mass is 19.4. The molecule has 2 N–H and O–H groups in total. The third-order valence-electron chi connectivity index (χ3n) is 2.89. The third kappa shape index (κ3) is 2.09. The van der Waals surface area contributed by atoms with Crippen LogP contribution in [0.3, 0.4) is 0 Å². The van der Waals surface area contributed by atoms with Gasteiger partial charge in [0.25, 0.3) is 0 Å². The Morgan fingerprint density at radius 3 is 2.60 bits per heavy atom. The Hall–Kier alpha value is -2.50. The maximum absolute atomic E-state index is 12.9. The summed E-state index contributed by atoms with van der Waals surface area (Å²) in [7, 11) is 0. The molecule has 2 heterocycles. The first-order chi connectivity index (χ1) is 9.45. The van der Waals surface area contributed by atoms with E-state index in [1.165, 1.54) is 18.3 Å². The minimum atomic E-state index is -4.46. The summed E-state index contributed by atoms with van der Waals surface area (Å²) in [6.07, 6.45) is -2.99. The van der Waals surface area contributed by atoms with Gasteiger partial charge < -0.3 is 10.2 Å². The molecule has 0 spiro atoms. The van der Waals surface area contributed by atoms with Crippen LogP contribution in [0.15, 0.2) is 47.0 Å². The van der Waals surface area contributed by atoms with Gasteiger partial charge in [0.1, 0.15) is 11.3 Å². The molecule has 0 saturated carbocycles. The van der Waals surface area contributed by atoms with Gasteiger partial charge in [0.05, 0.1) is 5.56 Å². The van der Waals surface area contributed by atoms with Gasteiger partial charge >= 0.3 is 6.18 Å². The number of rotatable bonds is 1. The number of alkyl halides is 3. The molecule has 0 unspecified atom stereocenters. The molecule has 3 aromatic rings. The smallest absolute Gasteiger partial charge is 0.420 e. The molecule has 0 amide bonds. The number of hydrogen-bond donors (Lipinski definition) is 1. The zero-order chi connectivity index (χ0) is 14.3. The van der Waals surface area contributed by atoms with Gasteiger partial charge in [0.15, 0.2) is 5.76 Å². The molecule has 0 aliphatic rings. The number of nitrogen functional groups attached to an aromatic ring is 1. The first-order valence-corrected chi connectivity index (χ1v) is 5.77. The molecule has 20 heavy (non-hydrogen) atoms. The number of fused-ring (bicyclic) bond motifs is 1. The second-order valence-corrected chi connectivity index (χ2v) is 4.31. The number of halogens is 3. The highest BCUT2D eigenvalue weighted by molar-refractivity contribution is 5.85. The Balaban J connectivity index is 2.21. The number of benzene rings is 1. The molecule has 6 heteroatoms. The Bertz CT molecular complexity index is 777. The van der Waals surface area contributed by atoms with E-state index in [0.29, 0.717) is 16.8 Å². The first-order valence-electron chi connectivity index (χ1n) is 5.77. The maximum atomic E-state index is 12.9. The fourth-order valence-electron chi connectivity index (χ4n) is 1.99. The second kappa shape index (κ2) is 4.26. The van der Waals surface area contributed by atoms with Crippen LogP contribution in [-0.4, -0.2) is 4.98 Å². The van der Waals surface area contributed by atoms with Crippen molar-refractivity contribution in [3.8, 4) is 11.5 Å². The molecule has 0 saturated heterocycles. The van der Waals surface area contributed by atoms with Crippen molar-refractivity contribution in [3.05, 3.63) is 48.2 Å². The Labute approximate surface area is 111 Å². The van der Waals surface area contributed by atoms with Gasteiger partial charge in [0, 0.05) is 17.3 Å². The van der Waals surface area contributed by atoms with Crippen molar-refractivity contribution in [1.82, 2.24) is 4.98 Å². The molecule has 2 aromatic heterocycles. The molecule has 0 atom stereocenters. The average molecular weight is 278 g/mol. The summed E-state index contributed by atoms with van der Waals surface area (Å²) in [5.41, 5.74) is 5.49. The molecular weight excluding hydrogens is 269 g/mol. The summed E-state index contributed by atoms with van der Waals surface area (Å²) < 4.78 is 44.0. The largest absolute Gasteiger partial charge is 0.454 e. The van der Waals surface area contributed by atoms with Crippen molar-refractivity contribution in [1.29, 1.82) is 0 Å². The Morgan fingerprint density at radius 2 is 1.90 bits per heavy atom. The van der Waals surface area contributed by atoms with E-state index in [0.717, 1.165) is 6.07 Å². The molecule has 3 rings (SSSR count). The summed E-state index contributed by atoms with van der Waals surface area (Å²) in [5.74, 6) is 0.254. The Kier molecular flexibility index (Phi) is 2.67. The van der Waals surface area contributed by atoms with E-state index in [-0.39, 0.29) is 11.3 Å². The van der Waals surface area contributed by atoms with Gasteiger partial charge in [-0.3, -0.25) is 4.98 Å². The lowest BCUT2D eigenvalue weighted by atomic mass is 10.1. The minimum absolute atomic E-state index is 0.195. The quantitative estimate of drug-likeness (QED) is 0.729. The van der Waals surface area contributed by atoms with Gasteiger partial charge in [-0.15, -0.1) is 0 Å². The molecule has 0 fully saturated rings. The topological polar surface area (TPSA) is 52.0 Å². The highest BCUT2D eigenvalue weighted by Gasteiger charge is 2.34. The van der Waals surface area contributed by atoms with Crippen LogP contribution in [0.4, 0.5) is 18.9 Å². The minimum Gasteiger partial charge on any atom is -0.454 e. The predicted molar refractivity (Wildman–Crippen MR) is 68.9 cm³/mol. The second-order valence-electron chi connectivity index (χ2n) is 4.31. The molecule has 0 aliphatic heterocycles. The van der Waals surface area contributed by atoms with Crippen molar-refractivity contribution in [2.24, 2.45) is 0 Å². The first kappa shape index (κ1) is 12.5. The number of para-hydroxylation sites is 1. The van der Waals surface area contributed by atoms with Crippen LogP contribution in [0.2, 0.25) is 0 Å². The van der Waals surface area contributed by atoms with Gasteiger partial charge in [-0.1, -0.05) is 12.1 Å². The van der Waals surface area contributed by atoms with E-state index in [1.807, 2.05) is 0 Å². The van der Waals surface area contributed by atoms with Gasteiger partial charge in [-0.25, -0.2) is 0 Å². The molecule has 102 valence electrons. The van der Waals surface area contributed by atoms with Crippen molar-refractivity contribution in [2.45, 2.75) is 6.18 Å². The zero-order valence-electron chi connectivity index (χ0n) is 10.1. The molecule has 3 nitrogen and oxygen atoms in total. The number of furan rings is 1. The van der Waals surface area contributed by atoms with Gasteiger partial charge in [-0.2, -0.15) is 13.2 Å². The summed E-state index contributed by atoms with van der Waals surface area (Å²) in [6.45, 7) is 0. The maximum Gasteiger partial charge on any atom is 0.420 e. The van der Waals surface area contributed by atoms with E-state index in [9.17, 15) is 13.2 Å². The number of pyridine rings is 1. The average Bonchev–Trinajstić information content (AvgIpc) is 2.81. The summed E-state index contributed by atoms with van der Waals surface area (Å²) in [4.78, 5) is 4.04. The number of aromatic nitrogens is 1. The fraction of sp³-hybridized carbons (Fsp3) is 0.0714. The van der Waals surface area contributed by atoms with Crippen LogP contribution in [0, 0.1) is 0 Å². The molecule has 0 aliphatic carbocycles. The fourth-order valence-corrected chi connectivity index (χ4v) is 1.99. The lowest BCUT2D eigenvalue weighted by Crippen LogP contribution is -2.04. The van der Waals surface area contributed by atoms with E-state index in [1.54, 1.807) is 18.2 Å². The van der Waals surface area contributed by atoms with Crippen LogP contribution in [0.5, 0.6) is 0 Å². The van der Waals surface area contributed by atoms with E-state index in [4.69, 9.17) is 10.2 Å². The predicted octanol–water partition coefficient (Wildman–Crippen LogP) is 4.10. The summed E-state index contributed by atoms with van der Waals surface area (Å²) in [5, 5.41) is 0.374. The van der Waals surface area contributed by atoms with E-state index >= 15 is 0 Å². The van der Waals surface area contributed by atoms with Crippen LogP contribution in [-0.2, 0) is 6.18 Å². The standard InChI is InChI=1S/C14H9F3N2O/c15-14(16,17)10-3-1-2-8-6-12(20-13(8)10)11-7-9(18)4-5-19-11/h1-7H,(H2,18,19). The van der Waals surface area contributed by atoms with Crippen LogP contribution in [0.1, 0.15) is 5.56 Å². The van der Waals surface area contributed by atoms with Crippen LogP contribution >= 0.6 is 0 Å². The number of hydrogen-bond acceptors (Lipinski definition) is 3. The normalized spacial score (nSPS) is 11.9. The number of nitrogens with two attached hydrogens (primary N) is 1. The number of nitrogens with zero attached hydrogens (tertiary/aromatic N) is 1. The van der Waals surface area contributed by atoms with Crippen molar-refractivity contribution in [2.75, 3.05) is 5.73 Å². The van der Waals surface area contributed by atoms with Crippen molar-refractivity contribution in [3.63, 3.8) is 0 Å². The summed E-state index contributed by atoms with van der Waals surface area (Å²) >= 11 is 0.